The normalized spacial score (nSPS) is 13.5. The highest BCUT2D eigenvalue weighted by Gasteiger charge is 2.16. The topological polar surface area (TPSA) is 72.2 Å². The second kappa shape index (κ2) is 6.18. The number of rotatable bonds is 4. The maximum Gasteiger partial charge on any atom is 0.319 e. The molecule has 0 radical (unpaired) electrons. The van der Waals surface area contributed by atoms with Gasteiger partial charge in [-0.25, -0.2) is 4.79 Å². The van der Waals surface area contributed by atoms with Gasteiger partial charge in [0.05, 0.1) is 0 Å². The lowest BCUT2D eigenvalue weighted by Gasteiger charge is -2.13. The summed E-state index contributed by atoms with van der Waals surface area (Å²) in [5.41, 5.74) is 5.48. The molecule has 0 aromatic carbocycles. The van der Waals surface area contributed by atoms with Gasteiger partial charge in [0.25, 0.3) is 5.91 Å². The second-order valence-electron chi connectivity index (χ2n) is 3.25. The van der Waals surface area contributed by atoms with Crippen molar-refractivity contribution in [1.29, 1.82) is 0 Å². The van der Waals surface area contributed by atoms with Crippen LogP contribution in [0.4, 0.5) is 4.79 Å². The second-order valence-corrected chi connectivity index (χ2v) is 3.25. The van der Waals surface area contributed by atoms with Crippen LogP contribution in [0.25, 0.3) is 0 Å². The van der Waals surface area contributed by atoms with Gasteiger partial charge in [-0.2, -0.15) is 0 Å². The molecule has 0 bridgehead atoms. The molecule has 4 nitrogen and oxygen atoms in total. The van der Waals surface area contributed by atoms with E-state index in [0.717, 1.165) is 12.8 Å². The Kier molecular flexibility index (Phi) is 5.60. The third kappa shape index (κ3) is 4.07. The first-order chi connectivity index (χ1) is 6.52. The van der Waals surface area contributed by atoms with Gasteiger partial charge < -0.3 is 5.73 Å². The summed E-state index contributed by atoms with van der Waals surface area (Å²) in [6.07, 6.45) is 3.65. The number of nitrogens with two attached hydrogens (primary N) is 1. The SMILES string of the molecule is C/C=C(/C(=O)NC(N)=O)C(C)CCC. The Hall–Kier alpha value is -1.32. The summed E-state index contributed by atoms with van der Waals surface area (Å²) in [5.74, 6) is -0.231. The summed E-state index contributed by atoms with van der Waals surface area (Å²) in [6, 6.07) is -0.807. The minimum absolute atomic E-state index is 0.157. The molecule has 14 heavy (non-hydrogen) atoms. The lowest BCUT2D eigenvalue weighted by atomic mass is 9.95. The van der Waals surface area contributed by atoms with E-state index in [4.69, 9.17) is 5.73 Å². The van der Waals surface area contributed by atoms with Crippen molar-refractivity contribution in [2.75, 3.05) is 0 Å². The third-order valence-corrected chi connectivity index (χ3v) is 2.06. The molecule has 1 atom stereocenters. The summed E-state index contributed by atoms with van der Waals surface area (Å²) < 4.78 is 0. The van der Waals surface area contributed by atoms with E-state index in [1.54, 1.807) is 13.0 Å². The van der Waals surface area contributed by atoms with Crippen LogP contribution in [0.1, 0.15) is 33.6 Å². The minimum Gasteiger partial charge on any atom is -0.351 e. The van der Waals surface area contributed by atoms with Crippen LogP contribution in [0.2, 0.25) is 0 Å². The summed E-state index contributed by atoms with van der Waals surface area (Å²) in [7, 11) is 0. The standard InChI is InChI=1S/C10H18N2O2/c1-4-6-7(3)8(5-2)9(13)12-10(11)14/h5,7H,4,6H2,1-3H3,(H3,11,12,13,14)/b8-5+. The van der Waals surface area contributed by atoms with Crippen molar-refractivity contribution in [3.05, 3.63) is 11.6 Å². The minimum atomic E-state index is -0.807. The number of allylic oxidation sites excluding steroid dienone is 1. The number of nitrogens with one attached hydrogen (secondary N) is 1. The molecule has 0 aliphatic heterocycles. The van der Waals surface area contributed by atoms with Gasteiger partial charge in [0.2, 0.25) is 0 Å². The first-order valence-electron chi connectivity index (χ1n) is 4.79. The first-order valence-corrected chi connectivity index (χ1v) is 4.79. The van der Waals surface area contributed by atoms with Gasteiger partial charge >= 0.3 is 6.03 Å². The van der Waals surface area contributed by atoms with Crippen molar-refractivity contribution in [1.82, 2.24) is 5.32 Å². The van der Waals surface area contributed by atoms with Crippen LogP contribution >= 0.6 is 0 Å². The van der Waals surface area contributed by atoms with Crippen LogP contribution < -0.4 is 11.1 Å². The van der Waals surface area contributed by atoms with Crippen molar-refractivity contribution >= 4 is 11.9 Å². The Balaban J connectivity index is 4.42. The third-order valence-electron chi connectivity index (χ3n) is 2.06. The fraction of sp³-hybridized carbons (Fsp3) is 0.600. The molecule has 3 amide bonds. The number of amides is 3. The number of hydrogen-bond donors (Lipinski definition) is 2. The number of primary amides is 1. The van der Waals surface area contributed by atoms with Crippen LogP contribution in [0, 0.1) is 5.92 Å². The molecule has 0 aromatic rings. The summed E-state index contributed by atoms with van der Waals surface area (Å²) >= 11 is 0. The van der Waals surface area contributed by atoms with Crippen LogP contribution in [0.5, 0.6) is 0 Å². The van der Waals surface area contributed by atoms with E-state index >= 15 is 0 Å². The van der Waals surface area contributed by atoms with Crippen molar-refractivity contribution < 1.29 is 9.59 Å². The van der Waals surface area contributed by atoms with Gasteiger partial charge in [-0.05, 0) is 19.3 Å². The Labute approximate surface area is 84.5 Å². The monoisotopic (exact) mass is 198 g/mol. The smallest absolute Gasteiger partial charge is 0.319 e. The molecule has 0 fully saturated rings. The summed E-state index contributed by atoms with van der Waals surface area (Å²) in [5, 5.41) is 2.06. The zero-order valence-electron chi connectivity index (χ0n) is 8.96. The van der Waals surface area contributed by atoms with E-state index in [9.17, 15) is 9.59 Å². The van der Waals surface area contributed by atoms with Crippen LogP contribution in [0.3, 0.4) is 0 Å². The molecule has 0 aromatic heterocycles. The molecule has 0 heterocycles. The molecule has 80 valence electrons. The average molecular weight is 198 g/mol. The quantitative estimate of drug-likeness (QED) is 0.673. The van der Waals surface area contributed by atoms with Crippen LogP contribution in [0.15, 0.2) is 11.6 Å². The molecule has 3 N–H and O–H groups in total. The number of carbonyl (C=O) groups excluding carboxylic acids is 2. The largest absolute Gasteiger partial charge is 0.351 e. The van der Waals surface area contributed by atoms with Crippen molar-refractivity contribution in [3.63, 3.8) is 0 Å². The summed E-state index contributed by atoms with van der Waals surface area (Å²) in [6.45, 7) is 5.79. The lowest BCUT2D eigenvalue weighted by Crippen LogP contribution is -2.37. The first kappa shape index (κ1) is 12.7. The Morgan fingerprint density at radius 3 is 2.43 bits per heavy atom. The number of urea groups is 1. The fourth-order valence-electron chi connectivity index (χ4n) is 1.41. The zero-order chi connectivity index (χ0) is 11.1. The van der Waals surface area contributed by atoms with Crippen LogP contribution in [-0.2, 0) is 4.79 Å². The number of carbonyl (C=O) groups is 2. The Morgan fingerprint density at radius 2 is 2.07 bits per heavy atom. The van der Waals surface area contributed by atoms with E-state index in [-0.39, 0.29) is 11.8 Å². The molecular formula is C10H18N2O2. The van der Waals surface area contributed by atoms with Gasteiger partial charge in [0.1, 0.15) is 0 Å². The predicted molar refractivity (Wildman–Crippen MR) is 55.6 cm³/mol. The van der Waals surface area contributed by atoms with Crippen LogP contribution in [-0.4, -0.2) is 11.9 Å². The van der Waals surface area contributed by atoms with Gasteiger partial charge in [0, 0.05) is 5.57 Å². The molecule has 0 saturated carbocycles. The highest BCUT2D eigenvalue weighted by atomic mass is 16.2. The molecule has 1 unspecified atom stereocenters. The van der Waals surface area contributed by atoms with Gasteiger partial charge in [-0.3, -0.25) is 10.1 Å². The van der Waals surface area contributed by atoms with E-state index in [0.29, 0.717) is 5.57 Å². The Morgan fingerprint density at radius 1 is 1.50 bits per heavy atom. The molecule has 0 rings (SSSR count). The molecule has 4 heteroatoms. The van der Waals surface area contributed by atoms with Crippen molar-refractivity contribution in [2.24, 2.45) is 11.7 Å². The highest BCUT2D eigenvalue weighted by Crippen LogP contribution is 2.16. The molecule has 0 aliphatic rings. The lowest BCUT2D eigenvalue weighted by molar-refractivity contribution is -0.116. The average Bonchev–Trinajstić information content (AvgIpc) is 2.04. The fourth-order valence-corrected chi connectivity index (χ4v) is 1.41. The van der Waals surface area contributed by atoms with Crippen molar-refractivity contribution in [3.8, 4) is 0 Å². The summed E-state index contributed by atoms with van der Waals surface area (Å²) in [4.78, 5) is 21.9. The molecule has 0 spiro atoms. The maximum absolute atomic E-state index is 11.4. The van der Waals surface area contributed by atoms with E-state index in [2.05, 4.69) is 12.2 Å². The van der Waals surface area contributed by atoms with Gasteiger partial charge in [-0.15, -0.1) is 0 Å². The van der Waals surface area contributed by atoms with Crippen molar-refractivity contribution in [2.45, 2.75) is 33.6 Å². The number of hydrogen-bond acceptors (Lipinski definition) is 2. The van der Waals surface area contributed by atoms with Gasteiger partial charge in [0.15, 0.2) is 0 Å². The maximum atomic E-state index is 11.4. The zero-order valence-corrected chi connectivity index (χ0v) is 8.96. The highest BCUT2D eigenvalue weighted by molar-refractivity contribution is 6.03. The number of imide groups is 1. The van der Waals surface area contributed by atoms with E-state index in [1.165, 1.54) is 0 Å². The molecule has 0 aliphatic carbocycles. The van der Waals surface area contributed by atoms with Gasteiger partial charge in [-0.1, -0.05) is 26.3 Å². The van der Waals surface area contributed by atoms with E-state index in [1.807, 2.05) is 6.92 Å². The van der Waals surface area contributed by atoms with E-state index < -0.39 is 6.03 Å². The molecular weight excluding hydrogens is 180 g/mol. The Bertz CT molecular complexity index is 247. The molecule has 0 saturated heterocycles. The predicted octanol–water partition coefficient (Wildman–Crippen LogP) is 1.56.